The van der Waals surface area contributed by atoms with Gasteiger partial charge in [0.25, 0.3) is 0 Å². The first-order valence-electron chi connectivity index (χ1n) is 7.70. The van der Waals surface area contributed by atoms with Crippen molar-refractivity contribution in [2.45, 2.75) is 64.2 Å². The van der Waals surface area contributed by atoms with Crippen LogP contribution in [-0.4, -0.2) is 26.5 Å². The van der Waals surface area contributed by atoms with Crippen LogP contribution in [0.1, 0.15) is 64.2 Å². The maximum absolute atomic E-state index is 10.7. The zero-order valence-corrected chi connectivity index (χ0v) is 14.8. The van der Waals surface area contributed by atoms with E-state index in [0.717, 1.165) is 12.8 Å². The fourth-order valence-electron chi connectivity index (χ4n) is 2.00. The lowest BCUT2D eigenvalue weighted by Gasteiger charge is -2.01. The lowest BCUT2D eigenvalue weighted by molar-refractivity contribution is 0.317. The van der Waals surface area contributed by atoms with Crippen molar-refractivity contribution >= 4 is 16.1 Å². The minimum atomic E-state index is -1.42. The molecule has 6 heteroatoms. The molecule has 0 rings (SSSR count). The molecule has 0 aromatic heterocycles. The zero-order chi connectivity index (χ0) is 15.1. The molecule has 0 aromatic carbocycles. The molecular weight excluding hydrogens is 294 g/mol. The van der Waals surface area contributed by atoms with Gasteiger partial charge in [0.1, 0.15) is 13.2 Å². The van der Waals surface area contributed by atoms with Crippen LogP contribution in [0, 0.1) is 0 Å². The van der Waals surface area contributed by atoms with Crippen molar-refractivity contribution < 1.29 is 18.2 Å². The van der Waals surface area contributed by atoms with Gasteiger partial charge in [-0.05, 0) is 22.0 Å². The van der Waals surface area contributed by atoms with E-state index in [-0.39, 0.29) is 0 Å². The predicted molar refractivity (Wildman–Crippen MR) is 85.1 cm³/mol. The van der Waals surface area contributed by atoms with Crippen LogP contribution in [0.25, 0.3) is 0 Å². The summed E-state index contributed by atoms with van der Waals surface area (Å²) in [5, 5.41) is 0. The molecule has 0 aliphatic carbocycles. The summed E-state index contributed by atoms with van der Waals surface area (Å²) in [6.07, 6.45) is 12.1. The van der Waals surface area contributed by atoms with Crippen LogP contribution in [0.4, 0.5) is 0 Å². The molecule has 0 fully saturated rings. The average molecular weight is 324 g/mol. The van der Waals surface area contributed by atoms with Crippen molar-refractivity contribution in [1.82, 2.24) is 0 Å². The highest BCUT2D eigenvalue weighted by Crippen LogP contribution is 2.17. The molecule has 0 saturated carbocycles. The molecular formula is C14H30O4P2+2. The van der Waals surface area contributed by atoms with E-state index >= 15 is 0 Å². The third kappa shape index (κ3) is 18.1. The van der Waals surface area contributed by atoms with E-state index < -0.39 is 16.1 Å². The first-order valence-corrected chi connectivity index (χ1v) is 11.0. The molecule has 0 radical (unpaired) electrons. The van der Waals surface area contributed by atoms with E-state index in [0.29, 0.717) is 13.2 Å². The molecule has 20 heavy (non-hydrogen) atoms. The fraction of sp³-hybridized carbons (Fsp3) is 1.00. The van der Waals surface area contributed by atoms with Gasteiger partial charge in [-0.1, -0.05) is 51.4 Å². The Morgan fingerprint density at radius 2 is 0.800 bits per heavy atom. The quantitative estimate of drug-likeness (QED) is 0.288. The van der Waals surface area contributed by atoms with Gasteiger partial charge in [0.2, 0.25) is 0 Å². The Morgan fingerprint density at radius 3 is 1.05 bits per heavy atom. The van der Waals surface area contributed by atoms with Gasteiger partial charge in [-0.15, -0.1) is 9.05 Å². The third-order valence-corrected chi connectivity index (χ3v) is 4.18. The number of hydrogen-bond acceptors (Lipinski definition) is 4. The van der Waals surface area contributed by atoms with Gasteiger partial charge in [-0.3, -0.25) is 0 Å². The van der Waals surface area contributed by atoms with Gasteiger partial charge < -0.3 is 0 Å². The van der Waals surface area contributed by atoms with E-state index in [2.05, 4.69) is 0 Å². The molecule has 0 bridgehead atoms. The highest BCUT2D eigenvalue weighted by molar-refractivity contribution is 7.38. The molecule has 0 aliphatic heterocycles. The van der Waals surface area contributed by atoms with Gasteiger partial charge in [0.15, 0.2) is 13.3 Å². The molecule has 2 atom stereocenters. The van der Waals surface area contributed by atoms with Crippen molar-refractivity contribution in [3.05, 3.63) is 0 Å². The molecule has 0 spiro atoms. The minimum absolute atomic E-state index is 0.636. The lowest BCUT2D eigenvalue weighted by Crippen LogP contribution is -1.88. The van der Waals surface area contributed by atoms with Crippen LogP contribution in [0.3, 0.4) is 0 Å². The summed E-state index contributed by atoms with van der Waals surface area (Å²) in [7, 11) is -2.84. The Hall–Kier alpha value is 0.120. The van der Waals surface area contributed by atoms with Gasteiger partial charge in [0, 0.05) is 0 Å². The Labute approximate surface area is 125 Å². The Balaban J connectivity index is 2.99. The zero-order valence-electron chi connectivity index (χ0n) is 13.0. The van der Waals surface area contributed by atoms with E-state index in [1.807, 2.05) is 0 Å². The van der Waals surface area contributed by atoms with Crippen molar-refractivity contribution in [3.8, 4) is 0 Å². The van der Waals surface area contributed by atoms with E-state index in [1.165, 1.54) is 51.4 Å². The third-order valence-electron chi connectivity index (χ3n) is 3.08. The molecule has 2 unspecified atom stereocenters. The van der Waals surface area contributed by atoms with Crippen molar-refractivity contribution in [2.24, 2.45) is 0 Å². The number of rotatable bonds is 15. The Bertz CT molecular complexity index is 234. The summed E-state index contributed by atoms with van der Waals surface area (Å²) >= 11 is 0. The van der Waals surface area contributed by atoms with Crippen molar-refractivity contribution in [1.29, 1.82) is 0 Å². The topological polar surface area (TPSA) is 52.6 Å². The number of hydrogen-bond donors (Lipinski definition) is 0. The largest absolute Gasteiger partial charge is 0.504 e. The summed E-state index contributed by atoms with van der Waals surface area (Å²) < 4.78 is 31.4. The predicted octanol–water partition coefficient (Wildman–Crippen LogP) is 5.67. The van der Waals surface area contributed by atoms with Crippen LogP contribution in [0.2, 0.25) is 0 Å². The van der Waals surface area contributed by atoms with Crippen molar-refractivity contribution in [3.63, 3.8) is 0 Å². The monoisotopic (exact) mass is 324 g/mol. The molecule has 0 amide bonds. The second-order valence-electron chi connectivity index (χ2n) is 5.08. The van der Waals surface area contributed by atoms with Crippen LogP contribution in [-0.2, 0) is 18.2 Å². The Kier molecular flexibility index (Phi) is 15.6. The number of unbranched alkanes of at least 4 members (excludes halogenated alkanes) is 9. The Morgan fingerprint density at radius 1 is 0.550 bits per heavy atom. The van der Waals surface area contributed by atoms with Crippen LogP contribution in [0.15, 0.2) is 0 Å². The SMILES string of the molecule is C[P+](=O)OCCCCCCCCCCCCO[P+](C)=O. The first kappa shape index (κ1) is 20.1. The van der Waals surface area contributed by atoms with Gasteiger partial charge >= 0.3 is 16.1 Å². The standard InChI is InChI=1S/C14H30O4P2/c1-19(15)17-13-11-9-7-5-3-4-6-8-10-12-14-18-20(2)16/h3-14H2,1-2H3/q+2. The first-order chi connectivity index (χ1) is 9.63. The molecule has 0 N–H and O–H groups in total. The second kappa shape index (κ2) is 15.5. The molecule has 4 nitrogen and oxygen atoms in total. The smallest absolute Gasteiger partial charge is 0.147 e. The maximum atomic E-state index is 10.7. The van der Waals surface area contributed by atoms with Gasteiger partial charge in [-0.25, -0.2) is 0 Å². The van der Waals surface area contributed by atoms with E-state index in [9.17, 15) is 9.13 Å². The lowest BCUT2D eigenvalue weighted by atomic mass is 10.1. The maximum Gasteiger partial charge on any atom is 0.504 e. The van der Waals surface area contributed by atoms with E-state index in [1.54, 1.807) is 13.3 Å². The molecule has 0 aliphatic rings. The molecule has 0 heterocycles. The van der Waals surface area contributed by atoms with Crippen LogP contribution in [0.5, 0.6) is 0 Å². The van der Waals surface area contributed by atoms with Gasteiger partial charge in [0.05, 0.1) is 0 Å². The second-order valence-corrected chi connectivity index (χ2v) is 7.36. The summed E-state index contributed by atoms with van der Waals surface area (Å²) in [5.41, 5.74) is 0. The molecule has 0 aromatic rings. The van der Waals surface area contributed by atoms with Crippen LogP contribution < -0.4 is 0 Å². The highest BCUT2D eigenvalue weighted by atomic mass is 31.1. The minimum Gasteiger partial charge on any atom is -0.147 e. The normalized spacial score (nSPS) is 12.5. The average Bonchev–Trinajstić information content (AvgIpc) is 2.38. The summed E-state index contributed by atoms with van der Waals surface area (Å²) in [5.74, 6) is 0. The van der Waals surface area contributed by atoms with Crippen molar-refractivity contribution in [2.75, 3.05) is 26.5 Å². The molecule has 0 saturated heterocycles. The summed E-state index contributed by atoms with van der Waals surface area (Å²) in [6.45, 7) is 4.47. The highest BCUT2D eigenvalue weighted by Gasteiger charge is 2.05. The summed E-state index contributed by atoms with van der Waals surface area (Å²) in [4.78, 5) is 0. The van der Waals surface area contributed by atoms with E-state index in [4.69, 9.17) is 9.05 Å². The molecule has 118 valence electrons. The summed E-state index contributed by atoms with van der Waals surface area (Å²) in [6, 6.07) is 0. The fourth-order valence-corrected chi connectivity index (χ4v) is 2.78. The van der Waals surface area contributed by atoms with Crippen LogP contribution >= 0.6 is 16.1 Å². The van der Waals surface area contributed by atoms with Gasteiger partial charge in [-0.2, -0.15) is 0 Å².